The van der Waals surface area contributed by atoms with E-state index in [-0.39, 0.29) is 18.3 Å². The third-order valence-corrected chi connectivity index (χ3v) is 4.40. The number of nitrogens with two attached hydrogens (primary N) is 2. The van der Waals surface area contributed by atoms with E-state index in [9.17, 15) is 4.79 Å². The summed E-state index contributed by atoms with van der Waals surface area (Å²) in [5, 5.41) is 9.75. The van der Waals surface area contributed by atoms with Crippen molar-refractivity contribution in [2.75, 3.05) is 11.1 Å². The van der Waals surface area contributed by atoms with Crippen LogP contribution < -0.4 is 16.8 Å². The summed E-state index contributed by atoms with van der Waals surface area (Å²) < 4.78 is 0. The van der Waals surface area contributed by atoms with Crippen LogP contribution in [-0.4, -0.2) is 31.5 Å². The number of nitrogen functional groups attached to an aromatic ring is 1. The molecule has 1 amide bonds. The fraction of sp³-hybridized carbons (Fsp3) is 0.438. The Hall–Kier alpha value is -1.54. The molecular formula is C16H23Cl3N6O. The molecular weight excluding hydrogens is 399 g/mol. The standard InChI is InChI=1S/C16H22Cl2N6O.ClH/c1-8-13(9(2)24-23-8)10-4-5-12(21-14(10)19)22-15(25)16(3,20)7-6-11(17)18;/h4-5,11H,6-7,20H2,1-3H3,(H,23,24)(H3,19,21,22,25);1H/t16-;/m0./s1. The van der Waals surface area contributed by atoms with Crippen molar-refractivity contribution in [2.24, 2.45) is 5.73 Å². The van der Waals surface area contributed by atoms with Crippen LogP contribution in [0.4, 0.5) is 11.6 Å². The molecule has 0 aliphatic carbocycles. The SMILES string of the molecule is Cc1n[nH]c(C)c1-c1ccc(NC(=O)[C@@](C)(N)CCC(Cl)Cl)nc1N.Cl. The molecule has 0 aliphatic rings. The average Bonchev–Trinajstić information content (AvgIpc) is 2.85. The highest BCUT2D eigenvalue weighted by Crippen LogP contribution is 2.30. The van der Waals surface area contributed by atoms with Crippen LogP contribution in [0.2, 0.25) is 0 Å². The van der Waals surface area contributed by atoms with Gasteiger partial charge in [-0.25, -0.2) is 4.98 Å². The number of aromatic amines is 1. The molecule has 2 rings (SSSR count). The number of halogens is 3. The number of carbonyl (C=O) groups is 1. The first-order chi connectivity index (χ1) is 11.6. The van der Waals surface area contributed by atoms with Crippen molar-refractivity contribution < 1.29 is 4.79 Å². The number of aryl methyl sites for hydroxylation is 2. The Bertz CT molecular complexity index is 756. The number of amides is 1. The molecule has 0 saturated heterocycles. The molecule has 2 heterocycles. The van der Waals surface area contributed by atoms with Gasteiger partial charge >= 0.3 is 0 Å². The first-order valence-electron chi connectivity index (χ1n) is 7.78. The van der Waals surface area contributed by atoms with Gasteiger partial charge in [0.15, 0.2) is 0 Å². The highest BCUT2D eigenvalue weighted by molar-refractivity contribution is 6.44. The molecule has 10 heteroatoms. The van der Waals surface area contributed by atoms with Crippen molar-refractivity contribution in [3.8, 4) is 11.1 Å². The number of hydrogen-bond donors (Lipinski definition) is 4. The quantitative estimate of drug-likeness (QED) is 0.533. The largest absolute Gasteiger partial charge is 0.383 e. The molecule has 0 aromatic carbocycles. The predicted molar refractivity (Wildman–Crippen MR) is 109 cm³/mol. The summed E-state index contributed by atoms with van der Waals surface area (Å²) in [4.78, 5) is 16.1. The van der Waals surface area contributed by atoms with Crippen molar-refractivity contribution >= 4 is 53.2 Å². The van der Waals surface area contributed by atoms with Crippen molar-refractivity contribution in [1.82, 2.24) is 15.2 Å². The molecule has 0 bridgehead atoms. The van der Waals surface area contributed by atoms with Crippen molar-refractivity contribution in [2.45, 2.75) is 44.0 Å². The normalized spacial score (nSPS) is 13.2. The van der Waals surface area contributed by atoms with Crippen LogP contribution in [0, 0.1) is 13.8 Å². The van der Waals surface area contributed by atoms with Crippen LogP contribution in [0.15, 0.2) is 12.1 Å². The van der Waals surface area contributed by atoms with Gasteiger partial charge < -0.3 is 16.8 Å². The van der Waals surface area contributed by atoms with Gasteiger partial charge in [-0.05, 0) is 45.7 Å². The average molecular weight is 422 g/mol. The Kier molecular flexibility index (Phi) is 7.70. The molecule has 26 heavy (non-hydrogen) atoms. The third-order valence-electron chi connectivity index (χ3n) is 3.96. The van der Waals surface area contributed by atoms with Gasteiger partial charge in [0, 0.05) is 16.8 Å². The van der Waals surface area contributed by atoms with Gasteiger partial charge in [-0.15, -0.1) is 35.6 Å². The van der Waals surface area contributed by atoms with E-state index in [0.717, 1.165) is 22.5 Å². The van der Waals surface area contributed by atoms with Crippen LogP contribution in [0.25, 0.3) is 11.1 Å². The zero-order valence-corrected chi connectivity index (χ0v) is 17.1. The summed E-state index contributed by atoms with van der Waals surface area (Å²) in [6, 6.07) is 3.47. The number of nitrogens with one attached hydrogen (secondary N) is 2. The molecule has 6 N–H and O–H groups in total. The third kappa shape index (κ3) is 5.23. The van der Waals surface area contributed by atoms with Gasteiger partial charge in [0.2, 0.25) is 5.91 Å². The lowest BCUT2D eigenvalue weighted by atomic mass is 9.96. The van der Waals surface area contributed by atoms with Gasteiger partial charge in [0.25, 0.3) is 0 Å². The summed E-state index contributed by atoms with van der Waals surface area (Å²) in [5.74, 6) is 0.248. The summed E-state index contributed by atoms with van der Waals surface area (Å²) in [6.07, 6.45) is 0.758. The Balaban J connectivity index is 0.00000338. The molecule has 0 radical (unpaired) electrons. The maximum Gasteiger partial charge on any atom is 0.245 e. The highest BCUT2D eigenvalue weighted by atomic mass is 35.5. The van der Waals surface area contributed by atoms with E-state index in [4.69, 9.17) is 34.7 Å². The summed E-state index contributed by atoms with van der Waals surface area (Å²) in [6.45, 7) is 5.41. The van der Waals surface area contributed by atoms with Crippen LogP contribution in [0.3, 0.4) is 0 Å². The molecule has 0 fully saturated rings. The number of carbonyl (C=O) groups excluding carboxylic acids is 1. The zero-order chi connectivity index (χ0) is 18.8. The first-order valence-corrected chi connectivity index (χ1v) is 8.66. The molecule has 0 unspecified atom stereocenters. The van der Waals surface area contributed by atoms with Crippen molar-refractivity contribution in [3.05, 3.63) is 23.5 Å². The minimum atomic E-state index is -1.12. The predicted octanol–water partition coefficient (Wildman–Crippen LogP) is 3.33. The van der Waals surface area contributed by atoms with Gasteiger partial charge in [0.1, 0.15) is 16.5 Å². The minimum absolute atomic E-state index is 0. The van der Waals surface area contributed by atoms with Crippen LogP contribution in [0.1, 0.15) is 31.2 Å². The smallest absolute Gasteiger partial charge is 0.245 e. The monoisotopic (exact) mass is 420 g/mol. The van der Waals surface area contributed by atoms with E-state index in [2.05, 4.69) is 20.5 Å². The number of anilines is 2. The second-order valence-electron chi connectivity index (χ2n) is 6.24. The highest BCUT2D eigenvalue weighted by Gasteiger charge is 2.29. The first kappa shape index (κ1) is 22.5. The second-order valence-corrected chi connectivity index (χ2v) is 7.52. The molecule has 2 aromatic rings. The Morgan fingerprint density at radius 2 is 2.04 bits per heavy atom. The molecule has 2 aromatic heterocycles. The maximum atomic E-state index is 12.4. The maximum absolute atomic E-state index is 12.4. The number of alkyl halides is 2. The molecule has 7 nitrogen and oxygen atoms in total. The molecule has 1 atom stereocenters. The number of rotatable bonds is 6. The lowest BCUT2D eigenvalue weighted by Crippen LogP contribution is -2.48. The van der Waals surface area contributed by atoms with Crippen molar-refractivity contribution in [1.29, 1.82) is 0 Å². The van der Waals surface area contributed by atoms with E-state index in [1.807, 2.05) is 13.8 Å². The number of H-pyrrole nitrogens is 1. The molecule has 0 aliphatic heterocycles. The molecule has 0 saturated carbocycles. The van der Waals surface area contributed by atoms with Crippen LogP contribution in [-0.2, 0) is 4.79 Å². The lowest BCUT2D eigenvalue weighted by Gasteiger charge is -2.23. The Morgan fingerprint density at radius 1 is 1.38 bits per heavy atom. The zero-order valence-electron chi connectivity index (χ0n) is 14.8. The van der Waals surface area contributed by atoms with E-state index < -0.39 is 10.4 Å². The fourth-order valence-corrected chi connectivity index (χ4v) is 2.70. The second kappa shape index (κ2) is 8.90. The fourth-order valence-electron chi connectivity index (χ4n) is 2.49. The minimum Gasteiger partial charge on any atom is -0.383 e. The van der Waals surface area contributed by atoms with Gasteiger partial charge in [-0.1, -0.05) is 0 Å². The topological polar surface area (TPSA) is 123 Å². The summed E-state index contributed by atoms with van der Waals surface area (Å²) >= 11 is 11.4. The summed E-state index contributed by atoms with van der Waals surface area (Å²) in [5.41, 5.74) is 14.4. The van der Waals surface area contributed by atoms with Crippen molar-refractivity contribution in [3.63, 3.8) is 0 Å². The molecule has 144 valence electrons. The van der Waals surface area contributed by atoms with E-state index in [1.54, 1.807) is 19.1 Å². The van der Waals surface area contributed by atoms with E-state index >= 15 is 0 Å². The van der Waals surface area contributed by atoms with Gasteiger partial charge in [-0.3, -0.25) is 9.89 Å². The molecule has 0 spiro atoms. The van der Waals surface area contributed by atoms with Crippen LogP contribution in [0.5, 0.6) is 0 Å². The Labute approximate surface area is 168 Å². The Morgan fingerprint density at radius 3 is 2.54 bits per heavy atom. The number of aromatic nitrogens is 3. The number of nitrogens with zero attached hydrogens (tertiary/aromatic N) is 2. The van der Waals surface area contributed by atoms with Crippen LogP contribution >= 0.6 is 35.6 Å². The number of hydrogen-bond acceptors (Lipinski definition) is 5. The van der Waals surface area contributed by atoms with E-state index in [0.29, 0.717) is 24.5 Å². The van der Waals surface area contributed by atoms with E-state index in [1.165, 1.54) is 0 Å². The van der Waals surface area contributed by atoms with Gasteiger partial charge in [-0.2, -0.15) is 5.10 Å². The number of pyridine rings is 1. The summed E-state index contributed by atoms with van der Waals surface area (Å²) in [7, 11) is 0. The lowest BCUT2D eigenvalue weighted by molar-refractivity contribution is -0.120. The van der Waals surface area contributed by atoms with Gasteiger partial charge in [0.05, 0.1) is 11.2 Å².